The van der Waals surface area contributed by atoms with Gasteiger partial charge in [0.2, 0.25) is 11.8 Å². The second-order valence-electron chi connectivity index (χ2n) is 8.06. The number of rotatable bonds is 7. The largest absolute Gasteiger partial charge is 0.496 e. The van der Waals surface area contributed by atoms with Gasteiger partial charge in [-0.05, 0) is 37.1 Å². The number of carbonyl (C=O) groups excluding carboxylic acids is 3. The number of anilines is 1. The molecule has 1 heterocycles. The van der Waals surface area contributed by atoms with E-state index in [2.05, 4.69) is 10.7 Å². The van der Waals surface area contributed by atoms with E-state index >= 15 is 0 Å². The van der Waals surface area contributed by atoms with Crippen LogP contribution in [-0.2, 0) is 16.1 Å². The lowest BCUT2D eigenvalue weighted by Gasteiger charge is -2.38. The fourth-order valence-electron chi connectivity index (χ4n) is 4.28. The zero-order chi connectivity index (χ0) is 24.2. The van der Waals surface area contributed by atoms with Gasteiger partial charge in [-0.2, -0.15) is 0 Å². The summed E-state index contributed by atoms with van der Waals surface area (Å²) in [5, 5.41) is 4.11. The number of fused-ring (bicyclic) bond motifs is 1. The molecule has 2 N–H and O–H groups in total. The first kappa shape index (κ1) is 23.2. The Bertz CT molecular complexity index is 1150. The minimum absolute atomic E-state index is 0.179. The standard InChI is InChI=1S/C25H27N3O6/c1-32-20-13-22(34-3)21(33-2)12-16(20)14-26-23(29)15-7-6-8-17(11-15)28-25(31)19-10-5-4-9-18(19)24(30)27-28/h4-8,11-13,18-19H,9-10,14H2,1-3H3,(H,26,29)(H,27,30). The molecule has 0 bridgehead atoms. The molecule has 1 saturated heterocycles. The number of allylic oxidation sites excluding steroid dienone is 2. The number of amides is 3. The summed E-state index contributed by atoms with van der Waals surface area (Å²) >= 11 is 0. The maximum Gasteiger partial charge on any atom is 0.251 e. The van der Waals surface area contributed by atoms with Gasteiger partial charge >= 0.3 is 0 Å². The lowest BCUT2D eigenvalue weighted by atomic mass is 9.80. The molecule has 2 aliphatic rings. The molecule has 34 heavy (non-hydrogen) atoms. The summed E-state index contributed by atoms with van der Waals surface area (Å²) in [6, 6.07) is 10.0. The Morgan fingerprint density at radius 1 is 0.971 bits per heavy atom. The summed E-state index contributed by atoms with van der Waals surface area (Å²) in [6.45, 7) is 0.183. The number of carbonyl (C=O) groups is 3. The minimum Gasteiger partial charge on any atom is -0.496 e. The highest BCUT2D eigenvalue weighted by molar-refractivity contribution is 6.05. The van der Waals surface area contributed by atoms with Crippen LogP contribution in [0, 0.1) is 11.8 Å². The summed E-state index contributed by atoms with van der Waals surface area (Å²) in [4.78, 5) is 38.5. The SMILES string of the molecule is COc1cc(OC)c(OC)cc1CNC(=O)c1cccc(N2NC(=O)C3CC=CCC3C2=O)c1. The number of nitrogens with zero attached hydrogens (tertiary/aromatic N) is 1. The minimum atomic E-state index is -0.395. The monoisotopic (exact) mass is 465 g/mol. The van der Waals surface area contributed by atoms with Gasteiger partial charge in [0.05, 0.1) is 38.9 Å². The molecule has 2 atom stereocenters. The summed E-state index contributed by atoms with van der Waals surface area (Å²) in [7, 11) is 4.60. The molecule has 0 aromatic heterocycles. The van der Waals surface area contributed by atoms with E-state index in [4.69, 9.17) is 14.2 Å². The number of ether oxygens (including phenoxy) is 3. The number of methoxy groups -OCH3 is 3. The Balaban J connectivity index is 1.50. The number of benzene rings is 2. The lowest BCUT2D eigenvalue weighted by Crippen LogP contribution is -2.59. The first-order valence-electron chi connectivity index (χ1n) is 10.9. The van der Waals surface area contributed by atoms with Crippen LogP contribution in [0.1, 0.15) is 28.8 Å². The van der Waals surface area contributed by atoms with Crippen LogP contribution >= 0.6 is 0 Å². The average Bonchev–Trinajstić information content (AvgIpc) is 2.88. The maximum absolute atomic E-state index is 13.0. The molecule has 1 aliphatic carbocycles. The molecule has 2 unspecified atom stereocenters. The molecule has 0 saturated carbocycles. The van der Waals surface area contributed by atoms with E-state index in [-0.39, 0.29) is 30.2 Å². The number of hydrazine groups is 1. The average molecular weight is 466 g/mol. The van der Waals surface area contributed by atoms with Gasteiger partial charge in [-0.25, -0.2) is 5.01 Å². The third-order valence-electron chi connectivity index (χ3n) is 6.12. The van der Waals surface area contributed by atoms with Gasteiger partial charge in [-0.3, -0.25) is 19.8 Å². The van der Waals surface area contributed by atoms with Gasteiger partial charge in [-0.15, -0.1) is 0 Å². The molecule has 3 amide bonds. The van der Waals surface area contributed by atoms with Crippen molar-refractivity contribution in [1.82, 2.24) is 10.7 Å². The molecule has 9 heteroatoms. The second kappa shape index (κ2) is 9.86. The first-order chi connectivity index (χ1) is 16.5. The molecule has 0 spiro atoms. The lowest BCUT2D eigenvalue weighted by molar-refractivity contribution is -0.139. The Kier molecular flexibility index (Phi) is 6.72. The zero-order valence-corrected chi connectivity index (χ0v) is 19.3. The summed E-state index contributed by atoms with van der Waals surface area (Å²) < 4.78 is 16.0. The van der Waals surface area contributed by atoms with Crippen LogP contribution in [0.15, 0.2) is 48.6 Å². The molecular weight excluding hydrogens is 438 g/mol. The third kappa shape index (κ3) is 4.41. The van der Waals surface area contributed by atoms with Crippen molar-refractivity contribution in [2.24, 2.45) is 11.8 Å². The molecule has 0 radical (unpaired) electrons. The van der Waals surface area contributed by atoms with Crippen molar-refractivity contribution >= 4 is 23.4 Å². The van der Waals surface area contributed by atoms with Crippen molar-refractivity contribution < 1.29 is 28.6 Å². The van der Waals surface area contributed by atoms with Crippen molar-refractivity contribution in [1.29, 1.82) is 0 Å². The first-order valence-corrected chi connectivity index (χ1v) is 10.9. The van der Waals surface area contributed by atoms with Gasteiger partial charge in [0, 0.05) is 23.7 Å². The van der Waals surface area contributed by atoms with Gasteiger partial charge < -0.3 is 19.5 Å². The number of hydrogen-bond acceptors (Lipinski definition) is 6. The van der Waals surface area contributed by atoms with Crippen molar-refractivity contribution in [3.8, 4) is 17.2 Å². The third-order valence-corrected chi connectivity index (χ3v) is 6.12. The summed E-state index contributed by atoms with van der Waals surface area (Å²) in [6.07, 6.45) is 4.95. The van der Waals surface area contributed by atoms with E-state index in [0.717, 1.165) is 0 Å². The van der Waals surface area contributed by atoms with Crippen molar-refractivity contribution in [2.45, 2.75) is 19.4 Å². The molecule has 1 fully saturated rings. The van der Waals surface area contributed by atoms with Crippen LogP contribution in [0.5, 0.6) is 17.2 Å². The summed E-state index contributed by atoms with van der Waals surface area (Å²) in [5.41, 5.74) is 4.17. The van der Waals surface area contributed by atoms with Crippen LogP contribution in [0.25, 0.3) is 0 Å². The zero-order valence-electron chi connectivity index (χ0n) is 19.3. The van der Waals surface area contributed by atoms with E-state index in [0.29, 0.717) is 46.9 Å². The van der Waals surface area contributed by atoms with Gasteiger partial charge in [0.1, 0.15) is 5.75 Å². The van der Waals surface area contributed by atoms with Crippen LogP contribution in [0.2, 0.25) is 0 Å². The molecule has 4 rings (SSSR count). The highest BCUT2D eigenvalue weighted by Gasteiger charge is 2.42. The summed E-state index contributed by atoms with van der Waals surface area (Å²) in [5.74, 6) is 0.129. The Hall–Kier alpha value is -4.01. The Morgan fingerprint density at radius 2 is 1.65 bits per heavy atom. The maximum atomic E-state index is 13.0. The van der Waals surface area contributed by atoms with Gasteiger partial charge in [0.15, 0.2) is 11.5 Å². The van der Waals surface area contributed by atoms with Crippen molar-refractivity contribution in [2.75, 3.05) is 26.3 Å². The van der Waals surface area contributed by atoms with E-state index in [1.807, 2.05) is 12.2 Å². The van der Waals surface area contributed by atoms with E-state index in [1.165, 1.54) is 26.3 Å². The van der Waals surface area contributed by atoms with Crippen molar-refractivity contribution in [3.05, 3.63) is 59.7 Å². The topological polar surface area (TPSA) is 106 Å². The van der Waals surface area contributed by atoms with E-state index in [1.54, 1.807) is 36.4 Å². The normalized spacial score (nSPS) is 19.2. The number of hydrogen-bond donors (Lipinski definition) is 2. The molecule has 9 nitrogen and oxygen atoms in total. The molecule has 1 aliphatic heterocycles. The fraction of sp³-hybridized carbons (Fsp3) is 0.320. The molecule has 178 valence electrons. The van der Waals surface area contributed by atoms with E-state index in [9.17, 15) is 14.4 Å². The molecule has 2 aromatic rings. The highest BCUT2D eigenvalue weighted by Crippen LogP contribution is 2.35. The fourth-order valence-corrected chi connectivity index (χ4v) is 4.28. The second-order valence-corrected chi connectivity index (χ2v) is 8.06. The quantitative estimate of drug-likeness (QED) is 0.609. The Labute approximate surface area is 197 Å². The number of nitrogens with one attached hydrogen (secondary N) is 2. The Morgan fingerprint density at radius 3 is 2.35 bits per heavy atom. The smallest absolute Gasteiger partial charge is 0.251 e. The highest BCUT2D eigenvalue weighted by atomic mass is 16.5. The van der Waals surface area contributed by atoms with Crippen LogP contribution < -0.4 is 30.0 Å². The van der Waals surface area contributed by atoms with Crippen LogP contribution in [0.4, 0.5) is 5.69 Å². The van der Waals surface area contributed by atoms with E-state index < -0.39 is 5.92 Å². The predicted molar refractivity (Wildman–Crippen MR) is 125 cm³/mol. The van der Waals surface area contributed by atoms with Gasteiger partial charge in [0.25, 0.3) is 5.91 Å². The van der Waals surface area contributed by atoms with Crippen LogP contribution in [0.3, 0.4) is 0 Å². The van der Waals surface area contributed by atoms with Crippen molar-refractivity contribution in [3.63, 3.8) is 0 Å². The van der Waals surface area contributed by atoms with Gasteiger partial charge in [-0.1, -0.05) is 18.2 Å². The molecule has 2 aromatic carbocycles. The van der Waals surface area contributed by atoms with Crippen LogP contribution in [-0.4, -0.2) is 39.1 Å². The predicted octanol–water partition coefficient (Wildman–Crippen LogP) is 2.60. The molecular formula is C25H27N3O6.